The molecule has 0 spiro atoms. The Morgan fingerprint density at radius 3 is 2.86 bits per heavy atom. The Bertz CT molecular complexity index is 371. The zero-order chi connectivity index (χ0) is 10.3. The van der Waals surface area contributed by atoms with Gasteiger partial charge < -0.3 is 5.32 Å². The predicted molar refractivity (Wildman–Crippen MR) is 65.1 cm³/mol. The lowest BCUT2D eigenvalue weighted by atomic mass is 9.88. The molecule has 14 heavy (non-hydrogen) atoms. The van der Waals surface area contributed by atoms with Crippen LogP contribution >= 0.6 is 15.9 Å². The molecule has 1 aliphatic rings. The van der Waals surface area contributed by atoms with Gasteiger partial charge in [-0.25, -0.2) is 0 Å². The van der Waals surface area contributed by atoms with Crippen LogP contribution in [0.2, 0.25) is 0 Å². The van der Waals surface area contributed by atoms with Crippen molar-refractivity contribution in [2.24, 2.45) is 0 Å². The van der Waals surface area contributed by atoms with E-state index in [1.165, 1.54) is 33.3 Å². The number of benzene rings is 1. The van der Waals surface area contributed by atoms with Crippen molar-refractivity contribution in [1.82, 2.24) is 0 Å². The third-order valence-electron chi connectivity index (χ3n) is 3.12. The molecule has 0 amide bonds. The first-order valence-corrected chi connectivity index (χ1v) is 5.94. The monoisotopic (exact) mass is 253 g/mol. The highest BCUT2D eigenvalue weighted by molar-refractivity contribution is 9.10. The van der Waals surface area contributed by atoms with Crippen LogP contribution in [0.1, 0.15) is 36.0 Å². The van der Waals surface area contributed by atoms with Crippen molar-refractivity contribution in [3.8, 4) is 0 Å². The summed E-state index contributed by atoms with van der Waals surface area (Å²) in [5.41, 5.74) is 5.55. The van der Waals surface area contributed by atoms with E-state index in [1.54, 1.807) is 0 Å². The molecule has 1 aliphatic heterocycles. The quantitative estimate of drug-likeness (QED) is 0.738. The van der Waals surface area contributed by atoms with E-state index in [2.05, 4.69) is 48.1 Å². The Kier molecular flexibility index (Phi) is 2.56. The molecule has 1 aromatic carbocycles. The zero-order valence-electron chi connectivity index (χ0n) is 8.95. The van der Waals surface area contributed by atoms with Crippen molar-refractivity contribution in [3.63, 3.8) is 0 Å². The fourth-order valence-corrected chi connectivity index (χ4v) is 2.65. The van der Waals surface area contributed by atoms with Gasteiger partial charge in [-0.05, 0) is 48.9 Å². The molecule has 0 saturated carbocycles. The molecule has 0 fully saturated rings. The summed E-state index contributed by atoms with van der Waals surface area (Å²) in [5, 5.41) is 3.48. The SMILES string of the molecule is Cc1cc2c(c(C)c1Br)C(C)CCN2. The van der Waals surface area contributed by atoms with Crippen LogP contribution in [-0.2, 0) is 0 Å². The highest BCUT2D eigenvalue weighted by Crippen LogP contribution is 2.38. The van der Waals surface area contributed by atoms with Crippen molar-refractivity contribution in [2.75, 3.05) is 11.9 Å². The fraction of sp³-hybridized carbons (Fsp3) is 0.500. The van der Waals surface area contributed by atoms with Gasteiger partial charge in [-0.3, -0.25) is 0 Å². The van der Waals surface area contributed by atoms with Gasteiger partial charge in [-0.2, -0.15) is 0 Å². The standard InChI is InChI=1S/C12H16BrN/c1-7-4-5-14-10-6-8(2)12(13)9(3)11(7)10/h6-7,14H,4-5H2,1-3H3. The van der Waals surface area contributed by atoms with Crippen molar-refractivity contribution in [2.45, 2.75) is 33.1 Å². The number of anilines is 1. The number of hydrogen-bond acceptors (Lipinski definition) is 1. The Hall–Kier alpha value is -0.500. The average Bonchev–Trinajstić information content (AvgIpc) is 2.14. The molecule has 0 bridgehead atoms. The van der Waals surface area contributed by atoms with Gasteiger partial charge in [-0.15, -0.1) is 0 Å². The maximum Gasteiger partial charge on any atom is 0.0381 e. The van der Waals surface area contributed by atoms with Gasteiger partial charge in [0, 0.05) is 16.7 Å². The van der Waals surface area contributed by atoms with Crippen LogP contribution in [-0.4, -0.2) is 6.54 Å². The number of rotatable bonds is 0. The third-order valence-corrected chi connectivity index (χ3v) is 4.34. The first-order valence-electron chi connectivity index (χ1n) is 5.14. The van der Waals surface area contributed by atoms with E-state index in [-0.39, 0.29) is 0 Å². The van der Waals surface area contributed by atoms with Crippen LogP contribution in [0.3, 0.4) is 0 Å². The Labute approximate surface area is 94.0 Å². The lowest BCUT2D eigenvalue weighted by molar-refractivity contribution is 0.678. The van der Waals surface area contributed by atoms with Crippen molar-refractivity contribution in [3.05, 3.63) is 27.2 Å². The van der Waals surface area contributed by atoms with Gasteiger partial charge in [0.1, 0.15) is 0 Å². The molecule has 1 atom stereocenters. The maximum atomic E-state index is 3.66. The molecule has 0 saturated heterocycles. The van der Waals surface area contributed by atoms with Gasteiger partial charge >= 0.3 is 0 Å². The molecule has 1 heterocycles. The average molecular weight is 254 g/mol. The van der Waals surface area contributed by atoms with Crippen LogP contribution in [0.25, 0.3) is 0 Å². The molecule has 1 nitrogen and oxygen atoms in total. The van der Waals surface area contributed by atoms with Gasteiger partial charge in [0.2, 0.25) is 0 Å². The molecule has 0 aliphatic carbocycles. The van der Waals surface area contributed by atoms with E-state index in [9.17, 15) is 0 Å². The van der Waals surface area contributed by atoms with E-state index in [0.29, 0.717) is 5.92 Å². The minimum Gasteiger partial charge on any atom is -0.385 e. The number of halogens is 1. The van der Waals surface area contributed by atoms with Gasteiger partial charge in [0.25, 0.3) is 0 Å². The number of hydrogen-bond donors (Lipinski definition) is 1. The van der Waals surface area contributed by atoms with Gasteiger partial charge in [-0.1, -0.05) is 22.9 Å². The summed E-state index contributed by atoms with van der Waals surface area (Å²) in [6, 6.07) is 2.25. The summed E-state index contributed by atoms with van der Waals surface area (Å²) in [5.74, 6) is 0.683. The number of fused-ring (bicyclic) bond motifs is 1. The lowest BCUT2D eigenvalue weighted by Gasteiger charge is -2.27. The molecular weight excluding hydrogens is 238 g/mol. The molecule has 2 heteroatoms. The molecule has 1 N–H and O–H groups in total. The second-order valence-corrected chi connectivity index (χ2v) is 5.00. The molecule has 76 valence electrons. The molecule has 0 aromatic heterocycles. The third kappa shape index (κ3) is 1.46. The van der Waals surface area contributed by atoms with Crippen LogP contribution in [0.5, 0.6) is 0 Å². The summed E-state index contributed by atoms with van der Waals surface area (Å²) in [7, 11) is 0. The smallest absolute Gasteiger partial charge is 0.0381 e. The molecule has 0 radical (unpaired) electrons. The molecule has 2 rings (SSSR count). The van der Waals surface area contributed by atoms with Crippen LogP contribution in [0.4, 0.5) is 5.69 Å². The minimum absolute atomic E-state index is 0.683. The van der Waals surface area contributed by atoms with Gasteiger partial charge in [0.05, 0.1) is 0 Å². The minimum atomic E-state index is 0.683. The summed E-state index contributed by atoms with van der Waals surface area (Å²) in [6.07, 6.45) is 1.24. The lowest BCUT2D eigenvalue weighted by Crippen LogP contribution is -2.16. The summed E-state index contributed by atoms with van der Waals surface area (Å²) in [6.45, 7) is 7.78. The van der Waals surface area contributed by atoms with Crippen LogP contribution in [0.15, 0.2) is 10.5 Å². The summed E-state index contributed by atoms with van der Waals surface area (Å²) < 4.78 is 1.27. The Balaban J connectivity index is 2.64. The Morgan fingerprint density at radius 2 is 2.14 bits per heavy atom. The van der Waals surface area contributed by atoms with E-state index >= 15 is 0 Å². The van der Waals surface area contributed by atoms with E-state index < -0.39 is 0 Å². The second-order valence-electron chi connectivity index (χ2n) is 4.21. The molecule has 1 aromatic rings. The van der Waals surface area contributed by atoms with Crippen molar-refractivity contribution in [1.29, 1.82) is 0 Å². The summed E-state index contributed by atoms with van der Waals surface area (Å²) in [4.78, 5) is 0. The Morgan fingerprint density at radius 1 is 1.43 bits per heavy atom. The predicted octanol–water partition coefficient (Wildman–Crippen LogP) is 3.99. The van der Waals surface area contributed by atoms with Crippen LogP contribution in [0, 0.1) is 13.8 Å². The van der Waals surface area contributed by atoms with E-state index in [0.717, 1.165) is 6.54 Å². The van der Waals surface area contributed by atoms with Gasteiger partial charge in [0.15, 0.2) is 0 Å². The van der Waals surface area contributed by atoms with E-state index in [4.69, 9.17) is 0 Å². The summed E-state index contributed by atoms with van der Waals surface area (Å²) >= 11 is 3.66. The topological polar surface area (TPSA) is 12.0 Å². The fourth-order valence-electron chi connectivity index (χ4n) is 2.32. The molecular formula is C12H16BrN. The normalized spacial score (nSPS) is 20.1. The highest BCUT2D eigenvalue weighted by atomic mass is 79.9. The van der Waals surface area contributed by atoms with Crippen molar-refractivity contribution >= 4 is 21.6 Å². The maximum absolute atomic E-state index is 3.66. The largest absolute Gasteiger partial charge is 0.385 e. The van der Waals surface area contributed by atoms with Crippen LogP contribution < -0.4 is 5.32 Å². The second kappa shape index (κ2) is 3.58. The molecule has 1 unspecified atom stereocenters. The first kappa shape index (κ1) is 10.0. The number of nitrogens with one attached hydrogen (secondary N) is 1. The first-order chi connectivity index (χ1) is 6.61. The zero-order valence-corrected chi connectivity index (χ0v) is 10.5. The number of aryl methyl sites for hydroxylation is 1. The highest BCUT2D eigenvalue weighted by Gasteiger charge is 2.20. The van der Waals surface area contributed by atoms with Crippen molar-refractivity contribution < 1.29 is 0 Å². The van der Waals surface area contributed by atoms with E-state index in [1.807, 2.05) is 0 Å².